The van der Waals surface area contributed by atoms with Gasteiger partial charge < -0.3 is 14.4 Å². The first kappa shape index (κ1) is 20.2. The summed E-state index contributed by atoms with van der Waals surface area (Å²) < 4.78 is 11.2. The van der Waals surface area contributed by atoms with E-state index in [9.17, 15) is 4.79 Å². The average molecular weight is 436 g/mol. The zero-order valence-electron chi connectivity index (χ0n) is 17.6. The van der Waals surface area contributed by atoms with Crippen LogP contribution in [0, 0.1) is 0 Å². The van der Waals surface area contributed by atoms with Crippen LogP contribution in [0.3, 0.4) is 0 Å². The molecule has 1 N–H and O–H groups in total. The summed E-state index contributed by atoms with van der Waals surface area (Å²) in [4.78, 5) is 16.6. The van der Waals surface area contributed by atoms with E-state index in [0.717, 1.165) is 47.6 Å². The van der Waals surface area contributed by atoms with Gasteiger partial charge in [0, 0.05) is 29.2 Å². The van der Waals surface area contributed by atoms with Crippen LogP contribution in [-0.4, -0.2) is 53.6 Å². The summed E-state index contributed by atoms with van der Waals surface area (Å²) in [5, 5.41) is 7.56. The minimum Gasteiger partial charge on any atom is -0.497 e. The van der Waals surface area contributed by atoms with Crippen molar-refractivity contribution >= 4 is 17.7 Å². The summed E-state index contributed by atoms with van der Waals surface area (Å²) in [6.45, 7) is 1.35. The van der Waals surface area contributed by atoms with Crippen molar-refractivity contribution in [3.63, 3.8) is 0 Å². The molecule has 0 aliphatic carbocycles. The molecule has 3 heterocycles. The Morgan fingerprint density at radius 2 is 1.97 bits per heavy atom. The highest BCUT2D eigenvalue weighted by atomic mass is 32.2. The molecule has 1 saturated heterocycles. The quantitative estimate of drug-likeness (QED) is 0.576. The van der Waals surface area contributed by atoms with Crippen LogP contribution in [0.5, 0.6) is 5.75 Å². The van der Waals surface area contributed by atoms with Crippen LogP contribution in [0.4, 0.5) is 0 Å². The van der Waals surface area contributed by atoms with E-state index in [2.05, 4.69) is 40.7 Å². The molecule has 0 saturated carbocycles. The molecule has 1 aromatic heterocycles. The number of nitrogens with one attached hydrogen (secondary N) is 1. The van der Waals surface area contributed by atoms with Gasteiger partial charge in [-0.05, 0) is 61.1 Å². The van der Waals surface area contributed by atoms with Crippen molar-refractivity contribution in [1.82, 2.24) is 15.1 Å². The van der Waals surface area contributed by atoms with Crippen LogP contribution >= 0.6 is 11.8 Å². The van der Waals surface area contributed by atoms with Crippen LogP contribution in [0.2, 0.25) is 0 Å². The maximum Gasteiger partial charge on any atom is 0.273 e. The molecule has 2 unspecified atom stereocenters. The van der Waals surface area contributed by atoms with E-state index in [0.29, 0.717) is 12.2 Å². The number of rotatable bonds is 6. The molecule has 2 aliphatic heterocycles. The van der Waals surface area contributed by atoms with Crippen molar-refractivity contribution in [2.24, 2.45) is 0 Å². The van der Waals surface area contributed by atoms with E-state index in [4.69, 9.17) is 9.47 Å². The Bertz CT molecular complexity index is 1070. The number of carbonyl (C=O) groups excluding carboxylic acids is 1. The number of nitrogens with zero attached hydrogens (tertiary/aromatic N) is 2. The highest BCUT2D eigenvalue weighted by molar-refractivity contribution is 7.98. The summed E-state index contributed by atoms with van der Waals surface area (Å²) >= 11 is 1.71. The van der Waals surface area contributed by atoms with E-state index in [1.807, 2.05) is 29.2 Å². The largest absolute Gasteiger partial charge is 0.497 e. The maximum absolute atomic E-state index is 13.4. The number of amides is 1. The lowest BCUT2D eigenvalue weighted by Gasteiger charge is -2.28. The molecule has 2 atom stereocenters. The lowest BCUT2D eigenvalue weighted by atomic mass is 9.96. The average Bonchev–Trinajstić information content (AvgIpc) is 3.54. The first-order chi connectivity index (χ1) is 15.2. The van der Waals surface area contributed by atoms with Gasteiger partial charge in [0.25, 0.3) is 5.91 Å². The van der Waals surface area contributed by atoms with E-state index in [1.165, 1.54) is 4.90 Å². The van der Waals surface area contributed by atoms with Crippen LogP contribution in [0.1, 0.15) is 40.5 Å². The fourth-order valence-electron chi connectivity index (χ4n) is 4.49. The lowest BCUT2D eigenvalue weighted by Crippen LogP contribution is -2.36. The molecule has 2 aliphatic rings. The van der Waals surface area contributed by atoms with E-state index in [-0.39, 0.29) is 18.1 Å². The summed E-state index contributed by atoms with van der Waals surface area (Å²) in [6, 6.07) is 16.1. The summed E-state index contributed by atoms with van der Waals surface area (Å²) in [6.07, 6.45) is 4.18. The normalized spacial score (nSPS) is 20.3. The molecule has 6 nitrogen and oxygen atoms in total. The standard InChI is InChI=1S/C24H25N3O3S/c1-29-17-9-5-15(6-10-17)21-20-22(26-25-21)24(28)27(14-18-4-3-13-30-18)23(20)16-7-11-19(31-2)12-8-16/h5-12,18,23H,3-4,13-14H2,1-2H3,(H,25,26). The Morgan fingerprint density at radius 1 is 1.19 bits per heavy atom. The monoisotopic (exact) mass is 435 g/mol. The van der Waals surface area contributed by atoms with Crippen LogP contribution in [-0.2, 0) is 4.74 Å². The second-order valence-electron chi connectivity index (χ2n) is 7.86. The Morgan fingerprint density at radius 3 is 2.61 bits per heavy atom. The first-order valence-corrected chi connectivity index (χ1v) is 11.7. The van der Waals surface area contributed by atoms with E-state index >= 15 is 0 Å². The van der Waals surface area contributed by atoms with Gasteiger partial charge >= 0.3 is 0 Å². The fourth-order valence-corrected chi connectivity index (χ4v) is 4.90. The smallest absolute Gasteiger partial charge is 0.273 e. The van der Waals surface area contributed by atoms with Crippen molar-refractivity contribution in [2.45, 2.75) is 29.9 Å². The van der Waals surface area contributed by atoms with Crippen LogP contribution < -0.4 is 4.74 Å². The minimum atomic E-state index is -0.196. The van der Waals surface area contributed by atoms with Gasteiger partial charge in [-0.1, -0.05) is 12.1 Å². The third-order valence-electron chi connectivity index (χ3n) is 6.08. The highest BCUT2D eigenvalue weighted by Crippen LogP contribution is 2.43. The summed E-state index contributed by atoms with van der Waals surface area (Å²) in [5.74, 6) is 0.771. The number of hydrogen-bond acceptors (Lipinski definition) is 5. The predicted octanol–water partition coefficient (Wildman–Crippen LogP) is 4.53. The van der Waals surface area contributed by atoms with Gasteiger partial charge in [-0.3, -0.25) is 9.89 Å². The fraction of sp³-hybridized carbons (Fsp3) is 0.333. The molecule has 1 amide bonds. The van der Waals surface area contributed by atoms with Gasteiger partial charge in [0.1, 0.15) is 11.4 Å². The number of fused-ring (bicyclic) bond motifs is 1. The van der Waals surface area contributed by atoms with Crippen molar-refractivity contribution in [3.05, 3.63) is 65.4 Å². The second-order valence-corrected chi connectivity index (χ2v) is 8.74. The Hall–Kier alpha value is -2.77. The summed E-state index contributed by atoms with van der Waals surface area (Å²) in [7, 11) is 1.65. The zero-order chi connectivity index (χ0) is 21.4. The number of carbonyl (C=O) groups is 1. The van der Waals surface area contributed by atoms with Gasteiger partial charge in [0.15, 0.2) is 0 Å². The molecule has 0 spiro atoms. The lowest BCUT2D eigenvalue weighted by molar-refractivity contribution is 0.0495. The maximum atomic E-state index is 13.4. The number of H-pyrrole nitrogens is 1. The Kier molecular flexibility index (Phi) is 5.46. The van der Waals surface area contributed by atoms with Crippen molar-refractivity contribution in [1.29, 1.82) is 0 Å². The van der Waals surface area contributed by atoms with Crippen LogP contribution in [0.25, 0.3) is 11.3 Å². The molecule has 3 aromatic rings. The first-order valence-electron chi connectivity index (χ1n) is 10.5. The molecule has 7 heteroatoms. The van der Waals surface area contributed by atoms with E-state index < -0.39 is 0 Å². The molecule has 2 aromatic carbocycles. The SMILES string of the molecule is COc1ccc(-c2n[nH]c3c2C(c2ccc(SC)cc2)N(CC2CCCO2)C3=O)cc1. The Labute approximate surface area is 185 Å². The second kappa shape index (κ2) is 8.40. The number of hydrogen-bond donors (Lipinski definition) is 1. The molecule has 31 heavy (non-hydrogen) atoms. The molecule has 1 fully saturated rings. The molecule has 0 radical (unpaired) electrons. The zero-order valence-corrected chi connectivity index (χ0v) is 18.4. The van der Waals surface area contributed by atoms with Crippen molar-refractivity contribution in [3.8, 4) is 17.0 Å². The van der Waals surface area contributed by atoms with Crippen LogP contribution in [0.15, 0.2) is 53.4 Å². The van der Waals surface area contributed by atoms with Gasteiger partial charge in [0.2, 0.25) is 0 Å². The van der Waals surface area contributed by atoms with E-state index in [1.54, 1.807) is 18.9 Å². The van der Waals surface area contributed by atoms with Gasteiger partial charge in [-0.2, -0.15) is 5.10 Å². The van der Waals surface area contributed by atoms with Gasteiger partial charge in [-0.15, -0.1) is 11.8 Å². The topological polar surface area (TPSA) is 67.4 Å². The molecule has 160 valence electrons. The van der Waals surface area contributed by atoms with Crippen molar-refractivity contribution in [2.75, 3.05) is 26.5 Å². The number of aromatic nitrogens is 2. The predicted molar refractivity (Wildman–Crippen MR) is 121 cm³/mol. The molecular weight excluding hydrogens is 410 g/mol. The Balaban J connectivity index is 1.59. The highest BCUT2D eigenvalue weighted by Gasteiger charge is 2.43. The molecule has 0 bridgehead atoms. The number of aromatic amines is 1. The number of benzene rings is 2. The number of thioether (sulfide) groups is 1. The van der Waals surface area contributed by atoms with Gasteiger partial charge in [-0.25, -0.2) is 0 Å². The summed E-state index contributed by atoms with van der Waals surface area (Å²) in [5.41, 5.74) is 4.35. The molecular formula is C24H25N3O3S. The third kappa shape index (κ3) is 3.62. The number of methoxy groups -OCH3 is 1. The van der Waals surface area contributed by atoms with Crippen molar-refractivity contribution < 1.29 is 14.3 Å². The molecule has 5 rings (SSSR count). The minimum absolute atomic E-state index is 0.0169. The third-order valence-corrected chi connectivity index (χ3v) is 6.83. The number of ether oxygens (including phenoxy) is 2. The van der Waals surface area contributed by atoms with Gasteiger partial charge in [0.05, 0.1) is 24.9 Å².